The second-order valence-corrected chi connectivity index (χ2v) is 9.14. The van der Waals surface area contributed by atoms with E-state index in [0.29, 0.717) is 22.3 Å². The van der Waals surface area contributed by atoms with Crippen LogP contribution in [0.15, 0.2) is 101 Å². The van der Waals surface area contributed by atoms with Crippen LogP contribution in [0.2, 0.25) is 0 Å². The van der Waals surface area contributed by atoms with Crippen LogP contribution in [-0.2, 0) is 0 Å². The van der Waals surface area contributed by atoms with Crippen molar-refractivity contribution in [3.05, 3.63) is 114 Å². The second-order valence-electron chi connectivity index (χ2n) is 9.14. The Morgan fingerprint density at radius 1 is 0.553 bits per heavy atom. The van der Waals surface area contributed by atoms with E-state index in [1.54, 1.807) is 6.07 Å². The maximum atomic E-state index is 10.2. The third-order valence-corrected chi connectivity index (χ3v) is 7.09. The van der Waals surface area contributed by atoms with Crippen molar-refractivity contribution < 1.29 is 4.42 Å². The van der Waals surface area contributed by atoms with Gasteiger partial charge in [0.05, 0.1) is 51.6 Å². The van der Waals surface area contributed by atoms with Gasteiger partial charge >= 0.3 is 0 Å². The smallest absolute Gasteiger partial charge is 0.135 e. The third-order valence-electron chi connectivity index (χ3n) is 7.09. The summed E-state index contributed by atoms with van der Waals surface area (Å²) in [4.78, 5) is 0. The van der Waals surface area contributed by atoms with Gasteiger partial charge in [-0.1, -0.05) is 30.3 Å². The molecular weight excluding hydrogens is 468 g/mol. The lowest BCUT2D eigenvalue weighted by atomic mass is 9.96. The Kier molecular flexibility index (Phi) is 4.57. The molecule has 2 heterocycles. The van der Waals surface area contributed by atoms with Gasteiger partial charge in [-0.3, -0.25) is 0 Å². The van der Waals surface area contributed by atoms with E-state index in [1.807, 2.05) is 78.9 Å². The maximum absolute atomic E-state index is 10.2. The minimum atomic E-state index is 0.548. The molecule has 0 amide bonds. The highest BCUT2D eigenvalue weighted by molar-refractivity contribution is 6.11. The van der Waals surface area contributed by atoms with Crippen LogP contribution in [0.25, 0.3) is 60.6 Å². The molecule has 5 aromatic carbocycles. The normalized spacial score (nSPS) is 11.1. The average Bonchev–Trinajstić information content (AvgIpc) is 3.50. The van der Waals surface area contributed by atoms with Crippen molar-refractivity contribution >= 4 is 43.7 Å². The van der Waals surface area contributed by atoms with Gasteiger partial charge in [0.15, 0.2) is 0 Å². The number of fused-ring (bicyclic) bond motifs is 6. The predicted octanol–water partition coefficient (Wildman–Crippen LogP) is 7.97. The minimum Gasteiger partial charge on any atom is -0.456 e. The summed E-state index contributed by atoms with van der Waals surface area (Å²) < 4.78 is 8.19. The molecule has 0 aliphatic heterocycles. The van der Waals surface area contributed by atoms with Crippen LogP contribution >= 0.6 is 0 Å². The van der Waals surface area contributed by atoms with Crippen LogP contribution in [-0.4, -0.2) is 4.57 Å². The summed E-state index contributed by atoms with van der Waals surface area (Å²) in [5, 5.41) is 32.8. The maximum Gasteiger partial charge on any atom is 0.135 e. The lowest BCUT2D eigenvalue weighted by Gasteiger charge is -2.15. The number of benzene rings is 5. The molecule has 5 nitrogen and oxygen atoms in total. The molecule has 0 radical (unpaired) electrons. The minimum absolute atomic E-state index is 0.548. The fraction of sp³-hybridized carbons (Fsp3) is 0. The summed E-state index contributed by atoms with van der Waals surface area (Å²) in [6, 6.07) is 37.7. The Balaban J connectivity index is 1.57. The Labute approximate surface area is 217 Å². The number of nitriles is 3. The van der Waals surface area contributed by atoms with Crippen LogP contribution < -0.4 is 0 Å². The van der Waals surface area contributed by atoms with Gasteiger partial charge in [0.25, 0.3) is 0 Å². The molecule has 0 atom stereocenters. The molecule has 5 heteroatoms. The molecule has 0 fully saturated rings. The highest BCUT2D eigenvalue weighted by Crippen LogP contribution is 2.40. The van der Waals surface area contributed by atoms with Crippen LogP contribution in [0.4, 0.5) is 0 Å². The van der Waals surface area contributed by atoms with E-state index in [-0.39, 0.29) is 0 Å². The second kappa shape index (κ2) is 8.10. The van der Waals surface area contributed by atoms with Gasteiger partial charge in [0, 0.05) is 27.1 Å². The predicted molar refractivity (Wildman–Crippen MR) is 148 cm³/mol. The number of furan rings is 1. The van der Waals surface area contributed by atoms with Crippen LogP contribution in [0.5, 0.6) is 0 Å². The highest BCUT2D eigenvalue weighted by Gasteiger charge is 2.19. The van der Waals surface area contributed by atoms with Gasteiger partial charge in [-0.25, -0.2) is 0 Å². The zero-order valence-corrected chi connectivity index (χ0v) is 19.9. The summed E-state index contributed by atoms with van der Waals surface area (Å²) in [5.41, 5.74) is 7.61. The molecule has 0 aliphatic carbocycles. The Bertz CT molecular complexity index is 2230. The van der Waals surface area contributed by atoms with Crippen LogP contribution in [0.3, 0.4) is 0 Å². The van der Waals surface area contributed by atoms with E-state index in [1.165, 1.54) is 0 Å². The molecule has 0 spiro atoms. The number of nitrogens with zero attached hydrogens (tertiary/aromatic N) is 4. The summed E-state index contributed by atoms with van der Waals surface area (Å²) in [6.07, 6.45) is 0. The van der Waals surface area contributed by atoms with Gasteiger partial charge in [-0.05, 0) is 72.3 Å². The molecule has 0 N–H and O–H groups in total. The molecule has 7 aromatic rings. The Morgan fingerprint density at radius 2 is 1.24 bits per heavy atom. The van der Waals surface area contributed by atoms with Gasteiger partial charge in [-0.2, -0.15) is 15.8 Å². The summed E-state index contributed by atoms with van der Waals surface area (Å²) in [5.74, 6) is 0. The zero-order chi connectivity index (χ0) is 25.8. The van der Waals surface area contributed by atoms with Crippen molar-refractivity contribution in [2.24, 2.45) is 0 Å². The summed E-state index contributed by atoms with van der Waals surface area (Å²) >= 11 is 0. The van der Waals surface area contributed by atoms with E-state index in [9.17, 15) is 15.8 Å². The molecule has 7 rings (SSSR count). The number of hydrogen-bond donors (Lipinski definition) is 0. The summed E-state index contributed by atoms with van der Waals surface area (Å²) in [6.45, 7) is 0. The first-order valence-electron chi connectivity index (χ1n) is 12.0. The molecule has 0 bridgehead atoms. The standard InChI is InChI=1S/C33H16N4O/c34-17-20-8-11-29-25(14-20)24-5-1-2-6-28(24)37(29)30-7-3-4-23(19-36)33(30)22-10-13-32-27(16-22)26-15-21(18-35)9-12-31(26)38-32/h1-16H. The molecule has 0 saturated carbocycles. The first-order valence-corrected chi connectivity index (χ1v) is 12.0. The van der Waals surface area contributed by atoms with Crippen LogP contribution in [0, 0.1) is 34.0 Å². The fourth-order valence-corrected chi connectivity index (χ4v) is 5.43. The largest absolute Gasteiger partial charge is 0.456 e. The average molecular weight is 485 g/mol. The van der Waals surface area contributed by atoms with Crippen molar-refractivity contribution in [1.29, 1.82) is 15.8 Å². The third kappa shape index (κ3) is 3.02. The van der Waals surface area contributed by atoms with Crippen molar-refractivity contribution in [3.8, 4) is 35.0 Å². The van der Waals surface area contributed by atoms with E-state index in [2.05, 4.69) is 34.9 Å². The first-order chi connectivity index (χ1) is 18.7. The number of hydrogen-bond acceptors (Lipinski definition) is 4. The zero-order valence-electron chi connectivity index (χ0n) is 19.9. The van der Waals surface area contributed by atoms with Crippen molar-refractivity contribution in [2.75, 3.05) is 0 Å². The van der Waals surface area contributed by atoms with Crippen LogP contribution in [0.1, 0.15) is 16.7 Å². The highest BCUT2D eigenvalue weighted by atomic mass is 16.3. The SMILES string of the molecule is N#Cc1ccc2oc3ccc(-c4c(C#N)cccc4-n4c5ccccc5c5cc(C#N)ccc54)cc3c2c1. The molecule has 174 valence electrons. The van der Waals surface area contributed by atoms with Gasteiger partial charge in [-0.15, -0.1) is 0 Å². The monoisotopic (exact) mass is 484 g/mol. The van der Waals surface area contributed by atoms with E-state index < -0.39 is 0 Å². The number of aromatic nitrogens is 1. The summed E-state index contributed by atoms with van der Waals surface area (Å²) in [7, 11) is 0. The van der Waals surface area contributed by atoms with Crippen molar-refractivity contribution in [1.82, 2.24) is 4.57 Å². The Hall–Kier alpha value is -5.83. The Morgan fingerprint density at radius 3 is 2.03 bits per heavy atom. The topological polar surface area (TPSA) is 89.4 Å². The molecule has 0 aliphatic rings. The molecule has 0 unspecified atom stereocenters. The molecule has 38 heavy (non-hydrogen) atoms. The van der Waals surface area contributed by atoms with Gasteiger partial charge in [0.1, 0.15) is 11.2 Å². The van der Waals surface area contributed by atoms with Crippen molar-refractivity contribution in [2.45, 2.75) is 0 Å². The van der Waals surface area contributed by atoms with E-state index >= 15 is 0 Å². The van der Waals surface area contributed by atoms with E-state index in [0.717, 1.165) is 55.0 Å². The van der Waals surface area contributed by atoms with E-state index in [4.69, 9.17) is 4.42 Å². The van der Waals surface area contributed by atoms with Gasteiger partial charge in [0.2, 0.25) is 0 Å². The first kappa shape index (κ1) is 21.5. The number of para-hydroxylation sites is 1. The molecular formula is C33H16N4O. The lowest BCUT2D eigenvalue weighted by molar-refractivity contribution is 0.669. The quantitative estimate of drug-likeness (QED) is 0.249. The number of rotatable bonds is 2. The molecule has 2 aromatic heterocycles. The van der Waals surface area contributed by atoms with Gasteiger partial charge < -0.3 is 8.98 Å². The fourth-order valence-electron chi connectivity index (χ4n) is 5.43. The molecule has 0 saturated heterocycles. The lowest BCUT2D eigenvalue weighted by Crippen LogP contribution is -1.99. The van der Waals surface area contributed by atoms with Crippen molar-refractivity contribution in [3.63, 3.8) is 0 Å².